The minimum absolute atomic E-state index is 0.738. The van der Waals surface area contributed by atoms with Gasteiger partial charge in [-0.2, -0.15) is 0 Å². The number of nitrogens with zero attached hydrogens (tertiary/aromatic N) is 1. The summed E-state index contributed by atoms with van der Waals surface area (Å²) in [6.45, 7) is 3.07. The molecule has 2 aliphatic rings. The smallest absolute Gasteiger partial charge is 0.0928 e. The summed E-state index contributed by atoms with van der Waals surface area (Å²) in [4.78, 5) is 2.26. The van der Waals surface area contributed by atoms with E-state index in [4.69, 9.17) is 5.41 Å². The zero-order valence-electron chi connectivity index (χ0n) is 6.43. The summed E-state index contributed by atoms with van der Waals surface area (Å²) in [5, 5.41) is 7.47. The first-order valence-corrected chi connectivity index (χ1v) is 4.09. The first kappa shape index (κ1) is 6.20. The average molecular weight is 138 g/mol. The Bertz CT molecular complexity index is 165. The van der Waals surface area contributed by atoms with E-state index >= 15 is 0 Å². The van der Waals surface area contributed by atoms with Crippen LogP contribution in [0.15, 0.2) is 0 Å². The monoisotopic (exact) mass is 138 g/mol. The van der Waals surface area contributed by atoms with E-state index in [1.165, 1.54) is 25.8 Å². The molecule has 2 rings (SSSR count). The van der Waals surface area contributed by atoms with Crippen LogP contribution >= 0.6 is 0 Å². The van der Waals surface area contributed by atoms with E-state index in [1.807, 2.05) is 6.92 Å². The second-order valence-corrected chi connectivity index (χ2v) is 3.57. The Morgan fingerprint density at radius 1 is 1.50 bits per heavy atom. The lowest BCUT2D eigenvalue weighted by Crippen LogP contribution is -2.35. The Kier molecular flexibility index (Phi) is 1.22. The van der Waals surface area contributed by atoms with Crippen LogP contribution in [0, 0.1) is 11.3 Å². The van der Waals surface area contributed by atoms with Gasteiger partial charge in [-0.25, -0.2) is 0 Å². The normalized spacial score (nSPS) is 37.1. The molecule has 1 heterocycles. The van der Waals surface area contributed by atoms with Crippen molar-refractivity contribution in [2.45, 2.75) is 32.2 Å². The van der Waals surface area contributed by atoms with Gasteiger partial charge in [0.25, 0.3) is 0 Å². The van der Waals surface area contributed by atoms with Crippen LogP contribution in [0.3, 0.4) is 0 Å². The highest BCUT2D eigenvalue weighted by Crippen LogP contribution is 2.37. The van der Waals surface area contributed by atoms with Crippen molar-refractivity contribution in [1.82, 2.24) is 4.90 Å². The summed E-state index contributed by atoms with van der Waals surface area (Å²) >= 11 is 0. The number of hydrogen-bond donors (Lipinski definition) is 1. The first-order valence-electron chi connectivity index (χ1n) is 4.09. The highest BCUT2D eigenvalue weighted by atomic mass is 15.2. The third kappa shape index (κ3) is 0.746. The molecule has 0 aromatic heterocycles. The third-order valence-corrected chi connectivity index (χ3v) is 2.84. The minimum Gasteiger partial charge on any atom is -0.358 e. The first-order chi connectivity index (χ1) is 4.77. The lowest BCUT2D eigenvalue weighted by molar-refractivity contribution is 0.324. The molecular weight excluding hydrogens is 124 g/mol. The molecule has 2 fully saturated rings. The summed E-state index contributed by atoms with van der Waals surface area (Å²) in [5.41, 5.74) is 0. The van der Waals surface area contributed by atoms with Gasteiger partial charge in [-0.3, -0.25) is 5.41 Å². The average Bonchev–Trinajstić information content (AvgIpc) is 2.44. The lowest BCUT2D eigenvalue weighted by Gasteiger charge is -2.27. The van der Waals surface area contributed by atoms with E-state index in [2.05, 4.69) is 4.90 Å². The van der Waals surface area contributed by atoms with Gasteiger partial charge in [0.15, 0.2) is 0 Å². The second kappa shape index (κ2) is 1.97. The van der Waals surface area contributed by atoms with Gasteiger partial charge in [0.05, 0.1) is 5.84 Å². The molecule has 0 spiro atoms. The molecule has 1 aliphatic heterocycles. The molecule has 2 bridgehead atoms. The van der Waals surface area contributed by atoms with Gasteiger partial charge >= 0.3 is 0 Å². The van der Waals surface area contributed by atoms with E-state index in [0.29, 0.717) is 0 Å². The summed E-state index contributed by atoms with van der Waals surface area (Å²) in [7, 11) is 0. The zero-order chi connectivity index (χ0) is 7.14. The van der Waals surface area contributed by atoms with Crippen LogP contribution in [0.4, 0.5) is 0 Å². The molecule has 10 heavy (non-hydrogen) atoms. The predicted molar refractivity (Wildman–Crippen MR) is 41.2 cm³/mol. The fourth-order valence-electron chi connectivity index (χ4n) is 2.34. The molecule has 0 radical (unpaired) electrons. The highest BCUT2D eigenvalue weighted by Gasteiger charge is 2.37. The highest BCUT2D eigenvalue weighted by molar-refractivity contribution is 5.77. The van der Waals surface area contributed by atoms with Gasteiger partial charge < -0.3 is 4.90 Å². The Hall–Kier alpha value is -0.530. The van der Waals surface area contributed by atoms with Crippen molar-refractivity contribution >= 4 is 5.84 Å². The van der Waals surface area contributed by atoms with E-state index in [0.717, 1.165) is 17.8 Å². The van der Waals surface area contributed by atoms with Crippen molar-refractivity contribution in [3.8, 4) is 0 Å². The molecule has 0 aromatic rings. The summed E-state index contributed by atoms with van der Waals surface area (Å²) in [6, 6.07) is 0.738. The van der Waals surface area contributed by atoms with Crippen LogP contribution in [0.25, 0.3) is 0 Å². The number of hydrogen-bond acceptors (Lipinski definition) is 1. The number of likely N-dealkylation sites (tertiary alicyclic amines) is 1. The lowest BCUT2D eigenvalue weighted by atomic mass is 10.1. The number of fused-ring (bicyclic) bond motifs is 2. The fourth-order valence-corrected chi connectivity index (χ4v) is 2.34. The fraction of sp³-hybridized carbons (Fsp3) is 0.875. The molecule has 2 nitrogen and oxygen atoms in total. The molecule has 1 saturated carbocycles. The number of piperidine rings is 1. The van der Waals surface area contributed by atoms with E-state index < -0.39 is 0 Å². The molecule has 1 N–H and O–H groups in total. The topological polar surface area (TPSA) is 27.1 Å². The van der Waals surface area contributed by atoms with Gasteiger partial charge in [0.1, 0.15) is 0 Å². The van der Waals surface area contributed by atoms with Gasteiger partial charge in [0.2, 0.25) is 0 Å². The molecule has 0 aromatic carbocycles. The Labute approximate surface area is 61.7 Å². The summed E-state index contributed by atoms with van der Waals surface area (Å²) in [5.74, 6) is 1.69. The number of rotatable bonds is 0. The third-order valence-electron chi connectivity index (χ3n) is 2.84. The van der Waals surface area contributed by atoms with Crippen LogP contribution in [0.2, 0.25) is 0 Å². The van der Waals surface area contributed by atoms with Crippen molar-refractivity contribution in [2.24, 2.45) is 5.92 Å². The summed E-state index contributed by atoms with van der Waals surface area (Å²) < 4.78 is 0. The Morgan fingerprint density at radius 2 is 2.30 bits per heavy atom. The SMILES string of the molecule is CC(=N)N1CC2CCC1C2. The zero-order valence-corrected chi connectivity index (χ0v) is 6.43. The maximum atomic E-state index is 7.47. The molecular formula is C8H14N2. The Balaban J connectivity index is 2.08. The largest absolute Gasteiger partial charge is 0.358 e. The molecule has 2 atom stereocenters. The van der Waals surface area contributed by atoms with Crippen molar-refractivity contribution in [2.75, 3.05) is 6.54 Å². The van der Waals surface area contributed by atoms with Gasteiger partial charge in [-0.05, 0) is 32.1 Å². The quantitative estimate of drug-likeness (QED) is 0.398. The molecule has 1 aliphatic carbocycles. The predicted octanol–water partition coefficient (Wildman–Crippen LogP) is 1.47. The van der Waals surface area contributed by atoms with Crippen LogP contribution in [-0.4, -0.2) is 23.3 Å². The van der Waals surface area contributed by atoms with Crippen LogP contribution in [0.1, 0.15) is 26.2 Å². The Morgan fingerprint density at radius 3 is 2.60 bits per heavy atom. The van der Waals surface area contributed by atoms with Gasteiger partial charge in [-0.1, -0.05) is 0 Å². The van der Waals surface area contributed by atoms with Crippen LogP contribution in [0.5, 0.6) is 0 Å². The van der Waals surface area contributed by atoms with Crippen LogP contribution < -0.4 is 0 Å². The van der Waals surface area contributed by atoms with Crippen molar-refractivity contribution < 1.29 is 0 Å². The van der Waals surface area contributed by atoms with Crippen molar-refractivity contribution in [3.63, 3.8) is 0 Å². The minimum atomic E-state index is 0.738. The van der Waals surface area contributed by atoms with Gasteiger partial charge in [0, 0.05) is 12.6 Å². The second-order valence-electron chi connectivity index (χ2n) is 3.57. The van der Waals surface area contributed by atoms with Gasteiger partial charge in [-0.15, -0.1) is 0 Å². The molecule has 0 amide bonds. The molecule has 2 heteroatoms. The molecule has 1 saturated heterocycles. The summed E-state index contributed by atoms with van der Waals surface area (Å²) in [6.07, 6.45) is 4.10. The van der Waals surface area contributed by atoms with Crippen LogP contribution in [-0.2, 0) is 0 Å². The van der Waals surface area contributed by atoms with E-state index in [-0.39, 0.29) is 0 Å². The standard InChI is InChI=1S/C8H14N2/c1-6(9)10-5-7-2-3-8(10)4-7/h7-9H,2-5H2,1H3. The maximum absolute atomic E-state index is 7.47. The van der Waals surface area contributed by atoms with Crippen molar-refractivity contribution in [3.05, 3.63) is 0 Å². The van der Waals surface area contributed by atoms with Crippen molar-refractivity contribution in [1.29, 1.82) is 5.41 Å². The maximum Gasteiger partial charge on any atom is 0.0928 e. The number of nitrogens with one attached hydrogen (secondary N) is 1. The molecule has 2 unspecified atom stereocenters. The van der Waals surface area contributed by atoms with E-state index in [9.17, 15) is 0 Å². The number of amidine groups is 1. The van der Waals surface area contributed by atoms with E-state index in [1.54, 1.807) is 0 Å². The molecule has 56 valence electrons.